The van der Waals surface area contributed by atoms with Crippen LogP contribution in [0.5, 0.6) is 0 Å². The van der Waals surface area contributed by atoms with Gasteiger partial charge in [-0.3, -0.25) is 0 Å². The molecule has 0 heterocycles. The van der Waals surface area contributed by atoms with Gasteiger partial charge in [-0.25, -0.2) is 0 Å². The molecule has 0 amide bonds. The lowest BCUT2D eigenvalue weighted by atomic mass is 9.95. The van der Waals surface area contributed by atoms with Crippen molar-refractivity contribution in [1.29, 1.82) is 0 Å². The third kappa shape index (κ3) is 6.22. The number of benzene rings is 10. The molecule has 0 spiro atoms. The first-order valence-electron chi connectivity index (χ1n) is 18.9. The molecule has 0 N–H and O–H groups in total. The molecular formula is C54H37N. The largest absolute Gasteiger partial charge is 0.310 e. The van der Waals surface area contributed by atoms with Crippen LogP contribution in [0.3, 0.4) is 0 Å². The Morgan fingerprint density at radius 1 is 0.218 bits per heavy atom. The summed E-state index contributed by atoms with van der Waals surface area (Å²) in [6.07, 6.45) is 0. The summed E-state index contributed by atoms with van der Waals surface area (Å²) in [5.41, 5.74) is 13.0. The molecule has 10 aromatic rings. The molecule has 0 saturated carbocycles. The minimum atomic E-state index is 1.11. The Balaban J connectivity index is 1.03. The monoisotopic (exact) mass is 699 g/mol. The summed E-state index contributed by atoms with van der Waals surface area (Å²) in [6, 6.07) is 81.4. The summed E-state index contributed by atoms with van der Waals surface area (Å²) in [4.78, 5) is 2.37. The Kier molecular flexibility index (Phi) is 8.24. The molecule has 0 unspecified atom stereocenters. The Bertz CT molecular complexity index is 2940. The van der Waals surface area contributed by atoms with Crippen LogP contribution < -0.4 is 4.90 Å². The van der Waals surface area contributed by atoms with Crippen molar-refractivity contribution in [3.63, 3.8) is 0 Å². The van der Waals surface area contributed by atoms with Crippen molar-refractivity contribution in [3.05, 3.63) is 224 Å². The van der Waals surface area contributed by atoms with Gasteiger partial charge in [0.2, 0.25) is 0 Å². The second-order valence-corrected chi connectivity index (χ2v) is 14.2. The van der Waals surface area contributed by atoms with Gasteiger partial charge < -0.3 is 4.90 Å². The zero-order chi connectivity index (χ0) is 36.6. The number of nitrogens with zero attached hydrogens (tertiary/aromatic N) is 1. The minimum absolute atomic E-state index is 1.11. The molecule has 0 aromatic heterocycles. The first-order chi connectivity index (χ1) is 27.2. The molecule has 10 rings (SSSR count). The molecule has 0 aliphatic heterocycles. The molecule has 0 aliphatic carbocycles. The van der Waals surface area contributed by atoms with Gasteiger partial charge in [0.25, 0.3) is 0 Å². The normalized spacial score (nSPS) is 11.3. The molecule has 10 aromatic carbocycles. The van der Waals surface area contributed by atoms with Crippen molar-refractivity contribution in [3.8, 4) is 44.5 Å². The van der Waals surface area contributed by atoms with Crippen molar-refractivity contribution in [2.45, 2.75) is 0 Å². The molecule has 258 valence electrons. The third-order valence-electron chi connectivity index (χ3n) is 10.8. The van der Waals surface area contributed by atoms with E-state index in [1.54, 1.807) is 0 Å². The predicted molar refractivity (Wildman–Crippen MR) is 235 cm³/mol. The molecule has 0 radical (unpaired) electrons. The molecule has 0 aliphatic rings. The molecule has 0 atom stereocenters. The molecule has 0 saturated heterocycles. The lowest BCUT2D eigenvalue weighted by Crippen LogP contribution is -2.10. The smallest absolute Gasteiger partial charge is 0.0467 e. The Hall–Kier alpha value is -7.22. The van der Waals surface area contributed by atoms with Crippen molar-refractivity contribution in [2.24, 2.45) is 0 Å². The van der Waals surface area contributed by atoms with Gasteiger partial charge in [0.05, 0.1) is 0 Å². The molecule has 1 nitrogen and oxygen atoms in total. The SMILES string of the molecule is c1ccc(-c2ccc(N(c3ccc(-c4cccc5ccccc45)cc3)c3cccc(-c4ccc5c(ccc6cc(-c7ccccc7)ccc65)c4)c3)cc2)cc1. The first-order valence-corrected chi connectivity index (χ1v) is 18.9. The van der Waals surface area contributed by atoms with Crippen LogP contribution in [0.15, 0.2) is 224 Å². The van der Waals surface area contributed by atoms with E-state index >= 15 is 0 Å². The molecule has 1 heteroatoms. The maximum atomic E-state index is 2.37. The zero-order valence-corrected chi connectivity index (χ0v) is 30.3. The maximum absolute atomic E-state index is 2.37. The van der Waals surface area contributed by atoms with Crippen LogP contribution in [-0.4, -0.2) is 0 Å². The highest BCUT2D eigenvalue weighted by Crippen LogP contribution is 2.40. The standard InChI is InChI=1S/C54H37N/c1-3-11-38(12-4-1)40-23-29-48(30-24-40)55(49-31-25-42(26-32-49)52-20-10-16-41-15-7-8-19-51(41)52)50-18-9-17-43(37-50)45-28-34-54-47(36-45)22-21-46-35-44(27-33-53(46)54)39-13-5-2-6-14-39/h1-37H. The average molecular weight is 700 g/mol. The van der Waals surface area contributed by atoms with Gasteiger partial charge in [-0.2, -0.15) is 0 Å². The van der Waals surface area contributed by atoms with Crippen molar-refractivity contribution >= 4 is 49.4 Å². The lowest BCUT2D eigenvalue weighted by Gasteiger charge is -2.26. The Morgan fingerprint density at radius 3 is 1.33 bits per heavy atom. The van der Waals surface area contributed by atoms with Gasteiger partial charge >= 0.3 is 0 Å². The zero-order valence-electron chi connectivity index (χ0n) is 30.3. The molecule has 0 fully saturated rings. The van der Waals surface area contributed by atoms with Crippen molar-refractivity contribution in [2.75, 3.05) is 4.90 Å². The number of fused-ring (bicyclic) bond motifs is 4. The van der Waals surface area contributed by atoms with Crippen LogP contribution in [0.2, 0.25) is 0 Å². The van der Waals surface area contributed by atoms with E-state index in [4.69, 9.17) is 0 Å². The van der Waals surface area contributed by atoms with Crippen molar-refractivity contribution < 1.29 is 0 Å². The van der Waals surface area contributed by atoms with E-state index in [0.29, 0.717) is 0 Å². The van der Waals surface area contributed by atoms with Crippen LogP contribution in [0, 0.1) is 0 Å². The quantitative estimate of drug-likeness (QED) is 0.150. The Labute approximate surface area is 322 Å². The number of rotatable bonds is 7. The topological polar surface area (TPSA) is 3.24 Å². The molecule has 55 heavy (non-hydrogen) atoms. The van der Waals surface area contributed by atoms with Crippen LogP contribution in [-0.2, 0) is 0 Å². The van der Waals surface area contributed by atoms with E-state index in [0.717, 1.165) is 17.1 Å². The van der Waals surface area contributed by atoms with Gasteiger partial charge in [0, 0.05) is 17.1 Å². The van der Waals surface area contributed by atoms with E-state index in [1.165, 1.54) is 76.8 Å². The van der Waals surface area contributed by atoms with Gasteiger partial charge in [-0.15, -0.1) is 0 Å². The number of anilines is 3. The van der Waals surface area contributed by atoms with Crippen LogP contribution in [0.25, 0.3) is 76.8 Å². The van der Waals surface area contributed by atoms with Gasteiger partial charge in [-0.05, 0) is 125 Å². The fourth-order valence-electron chi connectivity index (χ4n) is 8.03. The summed E-state index contributed by atoms with van der Waals surface area (Å²) in [5.74, 6) is 0. The van der Waals surface area contributed by atoms with Gasteiger partial charge in [-0.1, -0.05) is 176 Å². The van der Waals surface area contributed by atoms with Gasteiger partial charge in [0.15, 0.2) is 0 Å². The van der Waals surface area contributed by atoms with E-state index in [1.807, 2.05) is 0 Å². The Morgan fingerprint density at radius 2 is 0.673 bits per heavy atom. The van der Waals surface area contributed by atoms with Crippen LogP contribution in [0.4, 0.5) is 17.1 Å². The van der Waals surface area contributed by atoms with Crippen LogP contribution in [0.1, 0.15) is 0 Å². The highest BCUT2D eigenvalue weighted by Gasteiger charge is 2.15. The van der Waals surface area contributed by atoms with E-state index in [-0.39, 0.29) is 0 Å². The van der Waals surface area contributed by atoms with E-state index < -0.39 is 0 Å². The second-order valence-electron chi connectivity index (χ2n) is 14.2. The first kappa shape index (κ1) is 32.4. The second kappa shape index (κ2) is 14.0. The van der Waals surface area contributed by atoms with Crippen LogP contribution >= 0.6 is 0 Å². The number of hydrogen-bond acceptors (Lipinski definition) is 1. The third-order valence-corrected chi connectivity index (χ3v) is 10.8. The molecular weight excluding hydrogens is 663 g/mol. The number of hydrogen-bond donors (Lipinski definition) is 0. The summed E-state index contributed by atoms with van der Waals surface area (Å²) < 4.78 is 0. The maximum Gasteiger partial charge on any atom is 0.0467 e. The molecule has 0 bridgehead atoms. The van der Waals surface area contributed by atoms with E-state index in [2.05, 4.69) is 229 Å². The summed E-state index contributed by atoms with van der Waals surface area (Å²) in [6.45, 7) is 0. The van der Waals surface area contributed by atoms with E-state index in [9.17, 15) is 0 Å². The van der Waals surface area contributed by atoms with Crippen molar-refractivity contribution in [1.82, 2.24) is 0 Å². The minimum Gasteiger partial charge on any atom is -0.310 e. The fraction of sp³-hybridized carbons (Fsp3) is 0. The summed E-state index contributed by atoms with van der Waals surface area (Å²) in [7, 11) is 0. The fourth-order valence-corrected chi connectivity index (χ4v) is 8.03. The highest BCUT2D eigenvalue weighted by molar-refractivity contribution is 6.09. The summed E-state index contributed by atoms with van der Waals surface area (Å²) in [5, 5.41) is 7.54. The lowest BCUT2D eigenvalue weighted by molar-refractivity contribution is 1.28. The highest BCUT2D eigenvalue weighted by atomic mass is 15.1. The summed E-state index contributed by atoms with van der Waals surface area (Å²) >= 11 is 0. The van der Waals surface area contributed by atoms with Gasteiger partial charge in [0.1, 0.15) is 0 Å². The average Bonchev–Trinajstić information content (AvgIpc) is 3.27. The predicted octanol–water partition coefficient (Wildman–Crippen LogP) is 15.3.